The summed E-state index contributed by atoms with van der Waals surface area (Å²) in [6.07, 6.45) is 1.10. The second-order valence-electron chi connectivity index (χ2n) is 4.39. The maximum absolute atomic E-state index is 11.6. The molecule has 8 nitrogen and oxygen atoms in total. The van der Waals surface area contributed by atoms with E-state index in [2.05, 4.69) is 21.3 Å². The molecule has 0 saturated carbocycles. The lowest BCUT2D eigenvalue weighted by Gasteiger charge is -2.07. The molecule has 0 fully saturated rings. The number of hydrogen-bond acceptors (Lipinski definition) is 4. The Morgan fingerprint density at radius 1 is 0.955 bits per heavy atom. The number of carbonyl (C=O) groups is 4. The fourth-order valence-electron chi connectivity index (χ4n) is 1.56. The molecule has 1 aromatic carbocycles. The van der Waals surface area contributed by atoms with Crippen LogP contribution < -0.4 is 21.3 Å². The first-order valence-electron chi connectivity index (χ1n) is 6.67. The first kappa shape index (κ1) is 17.2. The molecular weight excluding hydrogens is 288 g/mol. The molecule has 0 aliphatic rings. The third-order valence-corrected chi connectivity index (χ3v) is 2.54. The zero-order valence-electron chi connectivity index (χ0n) is 12.1. The van der Waals surface area contributed by atoms with Crippen LogP contribution in [0.2, 0.25) is 0 Å². The van der Waals surface area contributed by atoms with E-state index in [1.165, 1.54) is 6.92 Å². The van der Waals surface area contributed by atoms with Gasteiger partial charge in [-0.1, -0.05) is 0 Å². The molecule has 0 bridgehead atoms. The lowest BCUT2D eigenvalue weighted by Crippen LogP contribution is -2.36. The minimum Gasteiger partial charge on any atom is -0.359 e. The van der Waals surface area contributed by atoms with Crippen LogP contribution in [0.15, 0.2) is 24.3 Å². The zero-order chi connectivity index (χ0) is 16.4. The van der Waals surface area contributed by atoms with Crippen molar-refractivity contribution in [2.24, 2.45) is 0 Å². The molecule has 22 heavy (non-hydrogen) atoms. The molecule has 0 aliphatic carbocycles. The van der Waals surface area contributed by atoms with Crippen LogP contribution in [0.5, 0.6) is 0 Å². The molecule has 0 aromatic heterocycles. The number of nitrogens with one attached hydrogen (secondary N) is 4. The first-order chi connectivity index (χ1) is 10.5. The average Bonchev–Trinajstić information content (AvgIpc) is 2.48. The lowest BCUT2D eigenvalue weighted by atomic mass is 10.2. The second-order valence-corrected chi connectivity index (χ2v) is 4.39. The standard InChI is InChI=1S/C14H18N4O4/c1-10(20)17-11-3-5-12(6-4-11)18-14(22)13(21)16-8-2-7-15-9-19/h3-6,9H,2,7-8H2,1H3,(H,15,19)(H,16,21)(H,17,20)(H,18,22). The largest absolute Gasteiger partial charge is 0.359 e. The van der Waals surface area contributed by atoms with E-state index in [9.17, 15) is 19.2 Å². The van der Waals surface area contributed by atoms with Crippen LogP contribution in [-0.4, -0.2) is 37.2 Å². The number of carbonyl (C=O) groups excluding carboxylic acids is 4. The van der Waals surface area contributed by atoms with Crippen LogP contribution >= 0.6 is 0 Å². The van der Waals surface area contributed by atoms with E-state index >= 15 is 0 Å². The summed E-state index contributed by atoms with van der Waals surface area (Å²) in [5.41, 5.74) is 1.04. The topological polar surface area (TPSA) is 116 Å². The van der Waals surface area contributed by atoms with Crippen LogP contribution in [0.25, 0.3) is 0 Å². The zero-order valence-corrected chi connectivity index (χ0v) is 12.1. The van der Waals surface area contributed by atoms with E-state index in [1.54, 1.807) is 24.3 Å². The highest BCUT2D eigenvalue weighted by atomic mass is 16.2. The van der Waals surface area contributed by atoms with Crippen molar-refractivity contribution in [3.63, 3.8) is 0 Å². The third kappa shape index (κ3) is 6.51. The summed E-state index contributed by atoms with van der Waals surface area (Å²) >= 11 is 0. The molecule has 0 atom stereocenters. The van der Waals surface area contributed by atoms with Crippen LogP contribution in [0.4, 0.5) is 11.4 Å². The Balaban J connectivity index is 2.38. The number of hydrogen-bond donors (Lipinski definition) is 4. The predicted molar refractivity (Wildman–Crippen MR) is 81.1 cm³/mol. The van der Waals surface area contributed by atoms with Gasteiger partial charge < -0.3 is 21.3 Å². The number of benzene rings is 1. The maximum Gasteiger partial charge on any atom is 0.313 e. The molecule has 0 heterocycles. The predicted octanol–water partition coefficient (Wildman–Crippen LogP) is -0.164. The Morgan fingerprint density at radius 3 is 2.09 bits per heavy atom. The number of rotatable bonds is 7. The fraction of sp³-hybridized carbons (Fsp3) is 0.286. The van der Waals surface area contributed by atoms with Crippen LogP contribution in [0.3, 0.4) is 0 Å². The molecule has 0 spiro atoms. The molecular formula is C14H18N4O4. The summed E-state index contributed by atoms with van der Waals surface area (Å²) in [5.74, 6) is -1.73. The summed E-state index contributed by atoms with van der Waals surface area (Å²) in [6.45, 7) is 2.11. The van der Waals surface area contributed by atoms with Crippen molar-refractivity contribution in [1.82, 2.24) is 10.6 Å². The van der Waals surface area contributed by atoms with Gasteiger partial charge in [0, 0.05) is 31.4 Å². The summed E-state index contributed by atoms with van der Waals surface area (Å²) < 4.78 is 0. The Kier molecular flexibility index (Phi) is 7.10. The number of anilines is 2. The third-order valence-electron chi connectivity index (χ3n) is 2.54. The van der Waals surface area contributed by atoms with Gasteiger partial charge in [0.15, 0.2) is 0 Å². The molecule has 4 amide bonds. The maximum atomic E-state index is 11.6. The van der Waals surface area contributed by atoms with E-state index in [-0.39, 0.29) is 12.5 Å². The van der Waals surface area contributed by atoms with Gasteiger partial charge in [-0.25, -0.2) is 0 Å². The minimum absolute atomic E-state index is 0.194. The Hall–Kier alpha value is -2.90. The summed E-state index contributed by atoms with van der Waals surface area (Å²) in [5, 5.41) is 9.91. The van der Waals surface area contributed by atoms with Crippen molar-refractivity contribution in [3.8, 4) is 0 Å². The normalized spacial score (nSPS) is 9.50. The lowest BCUT2D eigenvalue weighted by molar-refractivity contribution is -0.136. The fourth-order valence-corrected chi connectivity index (χ4v) is 1.56. The summed E-state index contributed by atoms with van der Waals surface area (Å²) in [7, 11) is 0. The molecule has 1 aromatic rings. The van der Waals surface area contributed by atoms with Crippen LogP contribution in [0, 0.1) is 0 Å². The first-order valence-corrected chi connectivity index (χ1v) is 6.67. The van der Waals surface area contributed by atoms with Gasteiger partial charge in [0.25, 0.3) is 0 Å². The molecule has 8 heteroatoms. The molecule has 0 radical (unpaired) electrons. The Morgan fingerprint density at radius 2 is 1.55 bits per heavy atom. The van der Waals surface area contributed by atoms with E-state index in [0.29, 0.717) is 30.8 Å². The summed E-state index contributed by atoms with van der Waals surface area (Å²) in [6, 6.07) is 6.37. The molecule has 4 N–H and O–H groups in total. The van der Waals surface area contributed by atoms with Crippen molar-refractivity contribution in [2.75, 3.05) is 23.7 Å². The van der Waals surface area contributed by atoms with E-state index in [1.807, 2.05) is 0 Å². The van der Waals surface area contributed by atoms with Gasteiger partial charge in [-0.15, -0.1) is 0 Å². The number of amides is 4. The van der Waals surface area contributed by atoms with Crippen molar-refractivity contribution < 1.29 is 19.2 Å². The molecule has 0 aliphatic heterocycles. The van der Waals surface area contributed by atoms with Gasteiger partial charge in [0.1, 0.15) is 0 Å². The monoisotopic (exact) mass is 306 g/mol. The van der Waals surface area contributed by atoms with Gasteiger partial charge in [0.05, 0.1) is 0 Å². The SMILES string of the molecule is CC(=O)Nc1ccc(NC(=O)C(=O)NCCCNC=O)cc1. The van der Waals surface area contributed by atoms with Gasteiger partial charge in [0.2, 0.25) is 12.3 Å². The smallest absolute Gasteiger partial charge is 0.313 e. The van der Waals surface area contributed by atoms with Gasteiger partial charge in [-0.05, 0) is 30.7 Å². The Labute approximate surface area is 127 Å². The molecule has 1 rings (SSSR count). The quantitative estimate of drug-likeness (QED) is 0.318. The average molecular weight is 306 g/mol. The van der Waals surface area contributed by atoms with Crippen LogP contribution in [-0.2, 0) is 19.2 Å². The van der Waals surface area contributed by atoms with Gasteiger partial charge in [-0.2, -0.15) is 0 Å². The van der Waals surface area contributed by atoms with Crippen molar-refractivity contribution in [1.29, 1.82) is 0 Å². The highest BCUT2D eigenvalue weighted by Gasteiger charge is 2.12. The Bertz CT molecular complexity index is 542. The van der Waals surface area contributed by atoms with E-state index in [4.69, 9.17) is 0 Å². The minimum atomic E-state index is -0.782. The van der Waals surface area contributed by atoms with Crippen LogP contribution in [0.1, 0.15) is 13.3 Å². The van der Waals surface area contributed by atoms with Gasteiger partial charge >= 0.3 is 11.8 Å². The molecule has 0 saturated heterocycles. The van der Waals surface area contributed by atoms with E-state index < -0.39 is 11.8 Å². The second kappa shape index (κ2) is 9.11. The highest BCUT2D eigenvalue weighted by molar-refractivity contribution is 6.39. The van der Waals surface area contributed by atoms with Crippen molar-refractivity contribution in [2.45, 2.75) is 13.3 Å². The highest BCUT2D eigenvalue weighted by Crippen LogP contribution is 2.13. The molecule has 0 unspecified atom stereocenters. The van der Waals surface area contributed by atoms with Gasteiger partial charge in [-0.3, -0.25) is 19.2 Å². The van der Waals surface area contributed by atoms with Crippen molar-refractivity contribution >= 4 is 35.5 Å². The summed E-state index contributed by atoms with van der Waals surface area (Å²) in [4.78, 5) is 44.0. The van der Waals surface area contributed by atoms with Crippen molar-refractivity contribution in [3.05, 3.63) is 24.3 Å². The molecule has 118 valence electrons. The van der Waals surface area contributed by atoms with E-state index in [0.717, 1.165) is 0 Å².